The molecule has 3 aromatic heterocycles. The fourth-order valence-electron chi connectivity index (χ4n) is 2.23. The molecular weight excluding hydrogens is 304 g/mol. The summed E-state index contributed by atoms with van der Waals surface area (Å²) in [5.74, 6) is 0.676. The second-order valence-electron chi connectivity index (χ2n) is 4.98. The molecular formula is C15H14N2O4S. The second kappa shape index (κ2) is 5.42. The van der Waals surface area contributed by atoms with Gasteiger partial charge in [0.1, 0.15) is 23.7 Å². The zero-order valence-corrected chi connectivity index (χ0v) is 13.2. The van der Waals surface area contributed by atoms with Gasteiger partial charge < -0.3 is 9.15 Å². The van der Waals surface area contributed by atoms with Gasteiger partial charge in [0.25, 0.3) is 5.56 Å². The molecule has 7 heteroatoms. The van der Waals surface area contributed by atoms with E-state index in [9.17, 15) is 9.59 Å². The first kappa shape index (κ1) is 14.5. The third kappa shape index (κ3) is 2.55. The lowest BCUT2D eigenvalue weighted by Gasteiger charge is -2.04. The molecule has 0 fully saturated rings. The molecule has 0 bridgehead atoms. The number of hydrogen-bond acceptors (Lipinski definition) is 6. The highest BCUT2D eigenvalue weighted by atomic mass is 32.1. The van der Waals surface area contributed by atoms with Gasteiger partial charge in [-0.15, -0.1) is 11.3 Å². The van der Waals surface area contributed by atoms with E-state index in [1.54, 1.807) is 19.9 Å². The lowest BCUT2D eigenvalue weighted by molar-refractivity contribution is 0.0466. The van der Waals surface area contributed by atoms with Gasteiger partial charge >= 0.3 is 5.97 Å². The Bertz CT molecular complexity index is 919. The quantitative estimate of drug-likeness (QED) is 0.694. The third-order valence-corrected chi connectivity index (χ3v) is 4.18. The largest absolute Gasteiger partial charge is 0.466 e. The topological polar surface area (TPSA) is 73.8 Å². The van der Waals surface area contributed by atoms with E-state index in [4.69, 9.17) is 9.15 Å². The summed E-state index contributed by atoms with van der Waals surface area (Å²) in [6, 6.07) is 3.01. The number of rotatable bonds is 3. The zero-order valence-electron chi connectivity index (χ0n) is 12.4. The Hall–Kier alpha value is -2.41. The van der Waals surface area contributed by atoms with E-state index in [0.717, 1.165) is 5.69 Å². The van der Waals surface area contributed by atoms with Crippen molar-refractivity contribution < 1.29 is 13.9 Å². The number of aromatic nitrogens is 2. The van der Waals surface area contributed by atoms with Crippen LogP contribution in [-0.4, -0.2) is 15.4 Å². The number of nitrogens with zero attached hydrogens (tertiary/aromatic N) is 2. The molecule has 3 aromatic rings. The average Bonchev–Trinajstić information content (AvgIpc) is 2.99. The first-order valence-electron chi connectivity index (χ1n) is 6.66. The minimum Gasteiger partial charge on any atom is -0.466 e. The minimum absolute atomic E-state index is 0.0504. The highest BCUT2D eigenvalue weighted by molar-refractivity contribution is 7.15. The van der Waals surface area contributed by atoms with Crippen molar-refractivity contribution in [1.82, 2.24) is 9.38 Å². The molecule has 0 saturated heterocycles. The molecule has 3 rings (SSSR count). The standard InChI is InChI=1S/C15H14N2O4S/c1-8-7-22-15-16-11(5-13(18)17(8)15)6-20-14(19)12-4-9(2)21-10(12)3/h4-5,7H,6H2,1-3H3. The van der Waals surface area contributed by atoms with E-state index in [1.807, 2.05) is 12.3 Å². The molecule has 0 amide bonds. The van der Waals surface area contributed by atoms with Gasteiger partial charge in [0.15, 0.2) is 4.96 Å². The van der Waals surface area contributed by atoms with Crippen molar-refractivity contribution in [2.24, 2.45) is 0 Å². The summed E-state index contributed by atoms with van der Waals surface area (Å²) in [4.78, 5) is 29.0. The van der Waals surface area contributed by atoms with Gasteiger partial charge in [-0.25, -0.2) is 9.78 Å². The minimum atomic E-state index is -0.487. The number of aryl methyl sites for hydroxylation is 3. The molecule has 0 aliphatic heterocycles. The first-order chi connectivity index (χ1) is 10.5. The predicted molar refractivity (Wildman–Crippen MR) is 81.4 cm³/mol. The van der Waals surface area contributed by atoms with Gasteiger partial charge in [0.2, 0.25) is 0 Å². The number of furan rings is 1. The van der Waals surface area contributed by atoms with Crippen molar-refractivity contribution >= 4 is 22.3 Å². The van der Waals surface area contributed by atoms with Crippen LogP contribution in [-0.2, 0) is 11.3 Å². The summed E-state index contributed by atoms with van der Waals surface area (Å²) in [7, 11) is 0. The Morgan fingerprint density at radius 3 is 2.82 bits per heavy atom. The van der Waals surface area contributed by atoms with Crippen LogP contribution in [0.1, 0.15) is 33.3 Å². The highest BCUT2D eigenvalue weighted by Crippen LogP contribution is 2.16. The van der Waals surface area contributed by atoms with E-state index < -0.39 is 5.97 Å². The first-order valence-corrected chi connectivity index (χ1v) is 7.54. The van der Waals surface area contributed by atoms with Crippen LogP contribution in [0.4, 0.5) is 0 Å². The van der Waals surface area contributed by atoms with Gasteiger partial charge in [0.05, 0.1) is 5.69 Å². The number of thiazole rings is 1. The number of hydrogen-bond donors (Lipinski definition) is 0. The maximum absolute atomic E-state index is 12.0. The van der Waals surface area contributed by atoms with Crippen molar-refractivity contribution in [2.75, 3.05) is 0 Å². The number of carbonyl (C=O) groups is 1. The van der Waals surface area contributed by atoms with Gasteiger partial charge in [-0.3, -0.25) is 9.20 Å². The molecule has 22 heavy (non-hydrogen) atoms. The Morgan fingerprint density at radius 2 is 2.14 bits per heavy atom. The number of carbonyl (C=O) groups excluding carboxylic acids is 1. The van der Waals surface area contributed by atoms with Gasteiger partial charge in [0, 0.05) is 17.1 Å². The Labute approximate surface area is 130 Å². The molecule has 3 heterocycles. The molecule has 0 aliphatic carbocycles. The van der Waals surface area contributed by atoms with Crippen molar-refractivity contribution in [3.63, 3.8) is 0 Å². The monoisotopic (exact) mass is 318 g/mol. The fourth-order valence-corrected chi connectivity index (χ4v) is 3.12. The maximum atomic E-state index is 12.0. The summed E-state index contributed by atoms with van der Waals surface area (Å²) in [6.45, 7) is 5.26. The van der Waals surface area contributed by atoms with Crippen molar-refractivity contribution in [3.05, 3.63) is 56.3 Å². The van der Waals surface area contributed by atoms with Crippen molar-refractivity contribution in [3.8, 4) is 0 Å². The summed E-state index contributed by atoms with van der Waals surface area (Å²) in [5.41, 5.74) is 1.48. The SMILES string of the molecule is Cc1cc(C(=O)OCc2cc(=O)n3c(C)csc3n2)c(C)o1. The lowest BCUT2D eigenvalue weighted by atomic mass is 10.2. The molecule has 0 aliphatic rings. The number of esters is 1. The van der Waals surface area contributed by atoms with E-state index >= 15 is 0 Å². The van der Waals surface area contributed by atoms with Crippen molar-refractivity contribution in [1.29, 1.82) is 0 Å². The van der Waals surface area contributed by atoms with E-state index in [-0.39, 0.29) is 12.2 Å². The molecule has 0 saturated carbocycles. The van der Waals surface area contributed by atoms with E-state index in [0.29, 0.717) is 27.7 Å². The molecule has 0 aromatic carbocycles. The Kier molecular flexibility index (Phi) is 3.58. The van der Waals surface area contributed by atoms with Crippen molar-refractivity contribution in [2.45, 2.75) is 27.4 Å². The summed E-state index contributed by atoms with van der Waals surface area (Å²) < 4.78 is 12.0. The molecule has 0 spiro atoms. The Balaban J connectivity index is 1.81. The van der Waals surface area contributed by atoms with Gasteiger partial charge in [-0.1, -0.05) is 0 Å². The maximum Gasteiger partial charge on any atom is 0.342 e. The van der Waals surface area contributed by atoms with Crippen LogP contribution in [0.3, 0.4) is 0 Å². The predicted octanol–water partition coefficient (Wildman–Crippen LogP) is 2.63. The van der Waals surface area contributed by atoms with E-state index in [2.05, 4.69) is 4.98 Å². The zero-order chi connectivity index (χ0) is 15.9. The van der Waals surface area contributed by atoms with Crippen LogP contribution in [0, 0.1) is 20.8 Å². The van der Waals surface area contributed by atoms with Gasteiger partial charge in [-0.05, 0) is 26.8 Å². The van der Waals surface area contributed by atoms with Crippen LogP contribution in [0.5, 0.6) is 0 Å². The fraction of sp³-hybridized carbons (Fsp3) is 0.267. The summed E-state index contributed by atoms with van der Waals surface area (Å²) in [6.07, 6.45) is 0. The average molecular weight is 318 g/mol. The third-order valence-electron chi connectivity index (χ3n) is 3.24. The van der Waals surface area contributed by atoms with Crippen LogP contribution < -0.4 is 5.56 Å². The summed E-state index contributed by atoms with van der Waals surface area (Å²) in [5, 5.41) is 1.86. The van der Waals surface area contributed by atoms with Crippen LogP contribution in [0.2, 0.25) is 0 Å². The van der Waals surface area contributed by atoms with Crippen LogP contribution in [0.25, 0.3) is 4.96 Å². The molecule has 0 atom stereocenters. The summed E-state index contributed by atoms with van der Waals surface area (Å²) >= 11 is 1.38. The molecule has 0 radical (unpaired) electrons. The molecule has 6 nitrogen and oxygen atoms in total. The van der Waals surface area contributed by atoms with Crippen LogP contribution >= 0.6 is 11.3 Å². The van der Waals surface area contributed by atoms with Crippen LogP contribution in [0.15, 0.2) is 26.7 Å². The normalized spacial score (nSPS) is 11.0. The molecule has 114 valence electrons. The smallest absolute Gasteiger partial charge is 0.342 e. The Morgan fingerprint density at radius 1 is 1.36 bits per heavy atom. The second-order valence-corrected chi connectivity index (χ2v) is 5.82. The lowest BCUT2D eigenvalue weighted by Crippen LogP contribution is -2.16. The van der Waals surface area contributed by atoms with E-state index in [1.165, 1.54) is 21.8 Å². The van der Waals surface area contributed by atoms with Gasteiger partial charge in [-0.2, -0.15) is 0 Å². The highest BCUT2D eigenvalue weighted by Gasteiger charge is 2.16. The molecule has 0 unspecified atom stereocenters. The number of fused-ring (bicyclic) bond motifs is 1. The molecule has 0 N–H and O–H groups in total. The number of ether oxygens (including phenoxy) is 1.